The number of hydrogen-bond donors (Lipinski definition) is 1. The minimum atomic E-state index is -0.408. The number of anilines is 1. The van der Waals surface area contributed by atoms with Crippen LogP contribution >= 0.6 is 11.3 Å². The van der Waals surface area contributed by atoms with Crippen molar-refractivity contribution in [1.82, 2.24) is 9.88 Å². The summed E-state index contributed by atoms with van der Waals surface area (Å²) in [7, 11) is 0. The van der Waals surface area contributed by atoms with Gasteiger partial charge in [0.1, 0.15) is 11.8 Å². The number of ketones is 1. The zero-order valence-corrected chi connectivity index (χ0v) is 15.0. The number of aromatic nitrogens is 1. The summed E-state index contributed by atoms with van der Waals surface area (Å²) in [5.41, 5.74) is 0. The molecule has 25 heavy (non-hydrogen) atoms. The maximum atomic E-state index is 13.1. The summed E-state index contributed by atoms with van der Waals surface area (Å²) in [6.07, 6.45) is 7.49. The summed E-state index contributed by atoms with van der Waals surface area (Å²) in [5.74, 6) is 0.323. The summed E-state index contributed by atoms with van der Waals surface area (Å²) < 4.78 is 0. The van der Waals surface area contributed by atoms with Crippen molar-refractivity contribution >= 4 is 34.1 Å². The molecule has 0 spiro atoms. The van der Waals surface area contributed by atoms with E-state index in [1.165, 1.54) is 11.3 Å². The highest BCUT2D eigenvalue weighted by Gasteiger charge is 2.44. The summed E-state index contributed by atoms with van der Waals surface area (Å²) in [6.45, 7) is 0.634. The van der Waals surface area contributed by atoms with Crippen LogP contribution in [0.25, 0.3) is 0 Å². The summed E-state index contributed by atoms with van der Waals surface area (Å²) in [6, 6.07) is -0.408. The number of amides is 2. The van der Waals surface area contributed by atoms with E-state index in [0.29, 0.717) is 36.7 Å². The second kappa shape index (κ2) is 6.86. The standard InChI is InChI=1S/C18H23N3O3S/c22-15-11-3-1-4-12(15)10-13(9-11)17(24)21-7-2-5-14(21)16(23)20-18-19-6-8-25-18/h6,8,11-14H,1-5,7,9-10H2,(H,19,20,23). The molecule has 4 rings (SSSR count). The topological polar surface area (TPSA) is 79.4 Å². The van der Waals surface area contributed by atoms with E-state index in [-0.39, 0.29) is 29.6 Å². The Labute approximate surface area is 151 Å². The number of nitrogens with zero attached hydrogens (tertiary/aromatic N) is 2. The monoisotopic (exact) mass is 361 g/mol. The van der Waals surface area contributed by atoms with Crippen molar-refractivity contribution < 1.29 is 14.4 Å². The third-order valence-electron chi connectivity index (χ3n) is 5.90. The molecule has 2 saturated carbocycles. The lowest BCUT2D eigenvalue weighted by molar-refractivity contribution is -0.146. The average molecular weight is 361 g/mol. The van der Waals surface area contributed by atoms with Crippen LogP contribution in [-0.2, 0) is 14.4 Å². The number of rotatable bonds is 3. The van der Waals surface area contributed by atoms with E-state index in [9.17, 15) is 14.4 Å². The lowest BCUT2D eigenvalue weighted by Crippen LogP contribution is -2.48. The summed E-state index contributed by atoms with van der Waals surface area (Å²) >= 11 is 1.38. The van der Waals surface area contributed by atoms with Crippen LogP contribution < -0.4 is 5.32 Å². The third-order valence-corrected chi connectivity index (χ3v) is 6.59. The van der Waals surface area contributed by atoms with Gasteiger partial charge in [0.25, 0.3) is 0 Å². The van der Waals surface area contributed by atoms with E-state index in [4.69, 9.17) is 0 Å². The van der Waals surface area contributed by atoms with Crippen molar-refractivity contribution in [3.63, 3.8) is 0 Å². The normalized spacial score (nSPS) is 31.8. The van der Waals surface area contributed by atoms with Gasteiger partial charge in [-0.2, -0.15) is 0 Å². The third kappa shape index (κ3) is 3.21. The number of fused-ring (bicyclic) bond motifs is 2. The van der Waals surface area contributed by atoms with Crippen LogP contribution in [0.4, 0.5) is 5.13 Å². The van der Waals surface area contributed by atoms with Gasteiger partial charge in [-0.25, -0.2) is 4.98 Å². The van der Waals surface area contributed by atoms with Gasteiger partial charge in [-0.3, -0.25) is 14.4 Å². The van der Waals surface area contributed by atoms with Crippen molar-refractivity contribution in [2.24, 2.45) is 17.8 Å². The van der Waals surface area contributed by atoms with Gasteiger partial charge in [-0.05, 0) is 38.5 Å². The van der Waals surface area contributed by atoms with Gasteiger partial charge in [0, 0.05) is 35.9 Å². The van der Waals surface area contributed by atoms with Crippen LogP contribution in [0, 0.1) is 17.8 Å². The van der Waals surface area contributed by atoms with Crippen LogP contribution in [0.2, 0.25) is 0 Å². The molecule has 0 aromatic carbocycles. The van der Waals surface area contributed by atoms with Crippen molar-refractivity contribution in [3.8, 4) is 0 Å². The lowest BCUT2D eigenvalue weighted by atomic mass is 9.67. The fraction of sp³-hybridized carbons (Fsp3) is 0.667. The van der Waals surface area contributed by atoms with E-state index in [2.05, 4.69) is 10.3 Å². The molecular formula is C18H23N3O3S. The van der Waals surface area contributed by atoms with Crippen LogP contribution in [-0.4, -0.2) is 40.1 Å². The molecule has 7 heteroatoms. The van der Waals surface area contributed by atoms with Crippen LogP contribution in [0.15, 0.2) is 11.6 Å². The molecular weight excluding hydrogens is 338 g/mol. The van der Waals surface area contributed by atoms with Gasteiger partial charge in [0.2, 0.25) is 11.8 Å². The molecule has 1 aliphatic heterocycles. The molecule has 1 aromatic rings. The average Bonchev–Trinajstić information content (AvgIpc) is 3.25. The van der Waals surface area contributed by atoms with Gasteiger partial charge in [-0.1, -0.05) is 6.42 Å². The molecule has 1 saturated heterocycles. The van der Waals surface area contributed by atoms with Gasteiger partial charge in [0.15, 0.2) is 5.13 Å². The first-order chi connectivity index (χ1) is 12.1. The molecule has 0 radical (unpaired) electrons. The van der Waals surface area contributed by atoms with Crippen molar-refractivity contribution in [2.75, 3.05) is 11.9 Å². The predicted octanol–water partition coefficient (Wildman–Crippen LogP) is 2.47. The molecule has 1 N–H and O–H groups in total. The molecule has 134 valence electrons. The summed E-state index contributed by atoms with van der Waals surface area (Å²) in [5, 5.41) is 5.20. The highest BCUT2D eigenvalue weighted by Crippen LogP contribution is 2.41. The second-order valence-corrected chi connectivity index (χ2v) is 8.31. The van der Waals surface area contributed by atoms with E-state index >= 15 is 0 Å². The predicted molar refractivity (Wildman–Crippen MR) is 94.0 cm³/mol. The van der Waals surface area contributed by atoms with Crippen molar-refractivity contribution in [2.45, 2.75) is 51.0 Å². The largest absolute Gasteiger partial charge is 0.330 e. The second-order valence-electron chi connectivity index (χ2n) is 7.41. The molecule has 1 aromatic heterocycles. The number of Topliss-reactive ketones (excluding diaryl/α,β-unsaturated/α-hetero) is 1. The highest BCUT2D eigenvalue weighted by molar-refractivity contribution is 7.13. The zero-order chi connectivity index (χ0) is 17.4. The number of carbonyl (C=O) groups excluding carboxylic acids is 3. The first kappa shape index (κ1) is 16.7. The minimum absolute atomic E-state index is 0.0617. The molecule has 2 amide bonds. The molecule has 2 heterocycles. The zero-order valence-electron chi connectivity index (χ0n) is 14.1. The number of thiazole rings is 1. The molecule has 6 nitrogen and oxygen atoms in total. The number of nitrogens with one attached hydrogen (secondary N) is 1. The Balaban J connectivity index is 1.44. The molecule has 3 atom stereocenters. The summed E-state index contributed by atoms with van der Waals surface area (Å²) in [4.78, 5) is 43.7. The molecule has 2 bridgehead atoms. The number of hydrogen-bond acceptors (Lipinski definition) is 5. The molecule has 3 fully saturated rings. The van der Waals surface area contributed by atoms with Gasteiger partial charge >= 0.3 is 0 Å². The number of likely N-dealkylation sites (tertiary alicyclic amines) is 1. The van der Waals surface area contributed by atoms with E-state index < -0.39 is 6.04 Å². The Bertz CT molecular complexity index is 659. The Morgan fingerprint density at radius 2 is 1.92 bits per heavy atom. The molecule has 3 aliphatic rings. The Morgan fingerprint density at radius 3 is 2.60 bits per heavy atom. The van der Waals surface area contributed by atoms with E-state index in [0.717, 1.165) is 25.7 Å². The fourth-order valence-corrected chi connectivity index (χ4v) is 5.22. The van der Waals surface area contributed by atoms with Crippen LogP contribution in [0.5, 0.6) is 0 Å². The molecule has 3 unspecified atom stereocenters. The van der Waals surface area contributed by atoms with Gasteiger partial charge in [0.05, 0.1) is 0 Å². The van der Waals surface area contributed by atoms with Crippen LogP contribution in [0.1, 0.15) is 44.9 Å². The van der Waals surface area contributed by atoms with Crippen LogP contribution in [0.3, 0.4) is 0 Å². The maximum Gasteiger partial charge on any atom is 0.248 e. The SMILES string of the molecule is O=C1C2CCCC1CC(C(=O)N1CCCC1C(=O)Nc1nccs1)C2. The fourth-order valence-electron chi connectivity index (χ4n) is 4.69. The Hall–Kier alpha value is -1.76. The van der Waals surface area contributed by atoms with Gasteiger partial charge in [-0.15, -0.1) is 11.3 Å². The van der Waals surface area contributed by atoms with E-state index in [1.807, 2.05) is 5.38 Å². The maximum absolute atomic E-state index is 13.1. The Kier molecular flexibility index (Phi) is 4.58. The van der Waals surface area contributed by atoms with E-state index in [1.54, 1.807) is 11.1 Å². The smallest absolute Gasteiger partial charge is 0.248 e. The quantitative estimate of drug-likeness (QED) is 0.897. The molecule has 2 aliphatic carbocycles. The lowest BCUT2D eigenvalue weighted by Gasteiger charge is -2.39. The Morgan fingerprint density at radius 1 is 1.16 bits per heavy atom. The first-order valence-corrected chi connectivity index (χ1v) is 10.1. The highest BCUT2D eigenvalue weighted by atomic mass is 32.1. The van der Waals surface area contributed by atoms with Gasteiger partial charge < -0.3 is 10.2 Å². The first-order valence-electron chi connectivity index (χ1n) is 9.18. The number of carbonyl (C=O) groups is 3. The van der Waals surface area contributed by atoms with Crippen molar-refractivity contribution in [1.29, 1.82) is 0 Å². The minimum Gasteiger partial charge on any atom is -0.330 e. The van der Waals surface area contributed by atoms with Crippen molar-refractivity contribution in [3.05, 3.63) is 11.6 Å².